The summed E-state index contributed by atoms with van der Waals surface area (Å²) < 4.78 is 7.16. The molecule has 4 nitrogen and oxygen atoms in total. The van der Waals surface area contributed by atoms with Crippen LogP contribution in [-0.2, 0) is 4.43 Å². The molecule has 0 saturated heterocycles. The fraction of sp³-hybridized carbons (Fsp3) is 0.111. The first kappa shape index (κ1) is 21.7. The Morgan fingerprint density at radius 1 is 0.719 bits per heavy atom. The fourth-order valence-corrected chi connectivity index (χ4v) is 8.34. The van der Waals surface area contributed by atoms with Gasteiger partial charge in [-0.1, -0.05) is 110 Å². The van der Waals surface area contributed by atoms with Crippen LogP contribution >= 0.6 is 0 Å². The summed E-state index contributed by atoms with van der Waals surface area (Å²) in [5, 5.41) is 15.1. The summed E-state index contributed by atoms with van der Waals surface area (Å²) in [5.74, 6) is 0. The molecule has 0 saturated carbocycles. The molecule has 160 valence electrons. The molecule has 1 atom stereocenters. The van der Waals surface area contributed by atoms with E-state index in [1.54, 1.807) is 12.1 Å². The van der Waals surface area contributed by atoms with Crippen LogP contribution in [0.2, 0.25) is 0 Å². The predicted molar refractivity (Wildman–Crippen MR) is 131 cm³/mol. The second-order valence-electron chi connectivity index (χ2n) is 7.61. The van der Waals surface area contributed by atoms with E-state index >= 15 is 0 Å². The Kier molecular flexibility index (Phi) is 6.59. The predicted octanol–water partition coefficient (Wildman–Crippen LogP) is 4.73. The van der Waals surface area contributed by atoms with E-state index in [1.807, 2.05) is 73.7 Å². The number of benzene rings is 4. The molecule has 0 fully saturated rings. The maximum atomic E-state index is 11.8. The molecule has 0 aliphatic heterocycles. The van der Waals surface area contributed by atoms with Crippen LogP contribution in [0.1, 0.15) is 25.0 Å². The van der Waals surface area contributed by atoms with Crippen molar-refractivity contribution in [3.05, 3.63) is 131 Å². The minimum atomic E-state index is -2.97. The van der Waals surface area contributed by atoms with Crippen molar-refractivity contribution in [2.45, 2.75) is 19.4 Å². The van der Waals surface area contributed by atoms with E-state index in [9.17, 15) is 10.1 Å². The summed E-state index contributed by atoms with van der Waals surface area (Å²) in [7, 11) is -2.97. The normalized spacial score (nSPS) is 12.3. The summed E-state index contributed by atoms with van der Waals surface area (Å²) in [6, 6.07) is 37.7. The zero-order chi connectivity index (χ0) is 22.4. The molecular weight excluding hydrogens is 414 g/mol. The van der Waals surface area contributed by atoms with Crippen LogP contribution in [0.15, 0.2) is 115 Å². The highest BCUT2D eigenvalue weighted by molar-refractivity contribution is 7.07. The van der Waals surface area contributed by atoms with Crippen LogP contribution < -0.4 is 15.6 Å². The van der Waals surface area contributed by atoms with Crippen molar-refractivity contribution in [2.75, 3.05) is 0 Å². The van der Waals surface area contributed by atoms with E-state index in [2.05, 4.69) is 36.4 Å². The maximum Gasteiger partial charge on any atom is 0.288 e. The van der Waals surface area contributed by atoms with Crippen molar-refractivity contribution in [2.24, 2.45) is 0 Å². The molecule has 0 radical (unpaired) electrons. The Balaban J connectivity index is 1.97. The first-order valence-electron chi connectivity index (χ1n) is 10.7. The molecule has 0 aliphatic carbocycles. The van der Waals surface area contributed by atoms with Crippen molar-refractivity contribution in [3.63, 3.8) is 0 Å². The molecule has 32 heavy (non-hydrogen) atoms. The molecule has 0 amide bonds. The number of para-hydroxylation sites is 1. The van der Waals surface area contributed by atoms with E-state index in [0.29, 0.717) is 12.0 Å². The second-order valence-corrected chi connectivity index (χ2v) is 10.9. The van der Waals surface area contributed by atoms with Gasteiger partial charge in [-0.25, -0.2) is 0 Å². The lowest BCUT2D eigenvalue weighted by Crippen LogP contribution is -2.69. The average Bonchev–Trinajstić information content (AvgIpc) is 2.87. The summed E-state index contributed by atoms with van der Waals surface area (Å²) in [6.45, 7) is 2.02. The lowest BCUT2D eigenvalue weighted by Gasteiger charge is -2.36. The molecule has 0 aromatic heterocycles. The van der Waals surface area contributed by atoms with Gasteiger partial charge in [0.1, 0.15) is 0 Å². The van der Waals surface area contributed by atoms with Crippen molar-refractivity contribution < 1.29 is 9.35 Å². The first-order chi connectivity index (χ1) is 15.7. The smallest absolute Gasteiger partial charge is 0.288 e. The van der Waals surface area contributed by atoms with E-state index in [1.165, 1.54) is 0 Å². The van der Waals surface area contributed by atoms with E-state index in [4.69, 9.17) is 4.43 Å². The number of nitro groups is 1. The molecule has 0 N–H and O–H groups in total. The lowest BCUT2D eigenvalue weighted by atomic mass is 10.1. The third-order valence-corrected chi connectivity index (χ3v) is 9.79. The van der Waals surface area contributed by atoms with Crippen LogP contribution in [0.4, 0.5) is 5.69 Å². The lowest BCUT2D eigenvalue weighted by molar-refractivity contribution is -0.386. The number of nitro benzene ring substituents is 1. The topological polar surface area (TPSA) is 52.4 Å². The van der Waals surface area contributed by atoms with Gasteiger partial charge in [0, 0.05) is 6.07 Å². The Hall–Kier alpha value is -3.54. The number of nitrogens with zero attached hydrogens (tertiary/aromatic N) is 1. The van der Waals surface area contributed by atoms with Crippen LogP contribution in [0.3, 0.4) is 0 Å². The van der Waals surface area contributed by atoms with Gasteiger partial charge in [-0.2, -0.15) is 0 Å². The highest BCUT2D eigenvalue weighted by Gasteiger charge is 2.44. The monoisotopic (exact) mass is 439 g/mol. The Bertz CT molecular complexity index is 1070. The molecule has 1 unspecified atom stereocenters. The summed E-state index contributed by atoms with van der Waals surface area (Å²) in [5.41, 5.74) is 0.705. The standard InChI is InChI=1S/C27H25NO3Si/c1-2-27(25-20-12-13-21-26(25)28(29)30)31-32(22-14-6-3-7-15-22,23-16-8-4-9-17-23)24-18-10-5-11-19-24/h3-21,27H,2H2,1H3. The van der Waals surface area contributed by atoms with Gasteiger partial charge < -0.3 is 4.43 Å². The molecule has 0 aliphatic rings. The van der Waals surface area contributed by atoms with Gasteiger partial charge >= 0.3 is 0 Å². The van der Waals surface area contributed by atoms with E-state index < -0.39 is 14.4 Å². The molecule has 0 bridgehead atoms. The zero-order valence-corrected chi connectivity index (χ0v) is 18.9. The van der Waals surface area contributed by atoms with Gasteiger partial charge in [-0.15, -0.1) is 0 Å². The molecular formula is C27H25NO3Si. The van der Waals surface area contributed by atoms with Crippen molar-refractivity contribution >= 4 is 29.6 Å². The van der Waals surface area contributed by atoms with Crippen molar-refractivity contribution in [1.82, 2.24) is 0 Å². The molecule has 0 spiro atoms. The summed E-state index contributed by atoms with van der Waals surface area (Å²) in [6.07, 6.45) is 0.190. The second kappa shape index (κ2) is 9.72. The van der Waals surface area contributed by atoms with Crippen LogP contribution in [-0.4, -0.2) is 13.2 Å². The maximum absolute atomic E-state index is 11.8. The number of rotatable bonds is 8. The third-order valence-electron chi connectivity index (χ3n) is 5.71. The molecule has 4 aromatic carbocycles. The Morgan fingerprint density at radius 2 is 1.12 bits per heavy atom. The van der Waals surface area contributed by atoms with Gasteiger partial charge in [0.2, 0.25) is 0 Å². The Morgan fingerprint density at radius 3 is 1.53 bits per heavy atom. The van der Waals surface area contributed by atoms with Crippen LogP contribution in [0, 0.1) is 10.1 Å². The van der Waals surface area contributed by atoms with Gasteiger partial charge in [0.15, 0.2) is 0 Å². The van der Waals surface area contributed by atoms with Crippen LogP contribution in [0.5, 0.6) is 0 Å². The third kappa shape index (κ3) is 4.13. The van der Waals surface area contributed by atoms with Gasteiger partial charge in [-0.05, 0) is 28.0 Å². The quantitative estimate of drug-likeness (QED) is 0.173. The SMILES string of the molecule is CCC(O[Si](c1ccccc1)(c1ccccc1)c1ccccc1)c1ccccc1[N+](=O)[O-]. The van der Waals surface area contributed by atoms with Gasteiger partial charge in [0.05, 0.1) is 16.6 Å². The van der Waals surface area contributed by atoms with Gasteiger partial charge in [0.25, 0.3) is 14.0 Å². The molecule has 4 rings (SSSR count). The minimum absolute atomic E-state index is 0.0939. The minimum Gasteiger partial charge on any atom is -0.397 e. The Labute approximate surface area is 189 Å². The fourth-order valence-electron chi connectivity index (χ4n) is 4.23. The van der Waals surface area contributed by atoms with Crippen molar-refractivity contribution in [3.8, 4) is 0 Å². The highest BCUT2D eigenvalue weighted by Crippen LogP contribution is 2.32. The summed E-state index contributed by atoms with van der Waals surface area (Å²) in [4.78, 5) is 11.5. The van der Waals surface area contributed by atoms with E-state index in [-0.39, 0.29) is 10.6 Å². The molecule has 4 aromatic rings. The van der Waals surface area contributed by atoms with Crippen molar-refractivity contribution in [1.29, 1.82) is 0 Å². The van der Waals surface area contributed by atoms with Crippen LogP contribution in [0.25, 0.3) is 0 Å². The molecule has 0 heterocycles. The largest absolute Gasteiger partial charge is 0.397 e. The van der Waals surface area contributed by atoms with Gasteiger partial charge in [-0.3, -0.25) is 10.1 Å². The number of hydrogen-bond acceptors (Lipinski definition) is 3. The van der Waals surface area contributed by atoms with E-state index in [0.717, 1.165) is 15.6 Å². The summed E-state index contributed by atoms with van der Waals surface area (Å²) >= 11 is 0. The number of hydrogen-bond donors (Lipinski definition) is 0. The highest BCUT2D eigenvalue weighted by atomic mass is 28.4. The molecule has 5 heteroatoms. The average molecular weight is 440 g/mol. The first-order valence-corrected chi connectivity index (χ1v) is 12.7. The zero-order valence-electron chi connectivity index (χ0n) is 17.9.